The maximum absolute atomic E-state index is 12.4. The zero-order valence-electron chi connectivity index (χ0n) is 14.9. The Balaban J connectivity index is 1.42. The fourth-order valence-electron chi connectivity index (χ4n) is 3.47. The maximum atomic E-state index is 12.4. The number of amides is 1. The number of aryl methyl sites for hydroxylation is 1. The highest BCUT2D eigenvalue weighted by Gasteiger charge is 2.22. The molecule has 130 valence electrons. The monoisotopic (exact) mass is 327 g/mol. The van der Waals surface area contributed by atoms with Crippen LogP contribution in [0.2, 0.25) is 0 Å². The Bertz CT molecular complexity index is 572. The van der Waals surface area contributed by atoms with Crippen molar-refractivity contribution < 1.29 is 9.53 Å². The number of carbonyl (C=O) groups excluding carboxylic acids is 1. The predicted octanol–water partition coefficient (Wildman–Crippen LogP) is 4.51. The second kappa shape index (κ2) is 8.36. The van der Waals surface area contributed by atoms with Crippen molar-refractivity contribution in [1.29, 1.82) is 0 Å². The van der Waals surface area contributed by atoms with E-state index < -0.39 is 0 Å². The lowest BCUT2D eigenvalue weighted by atomic mass is 9.84. The number of likely N-dealkylation sites (tertiary alicyclic amines) is 1. The zero-order valence-corrected chi connectivity index (χ0v) is 14.9. The fraction of sp³-hybridized carbons (Fsp3) is 0.571. The number of ether oxygens (including phenoxy) is 1. The van der Waals surface area contributed by atoms with Crippen LogP contribution in [0.15, 0.2) is 35.4 Å². The standard InChI is InChI=1S/C21H29NO2/c1-2-16-24-20-9-6-17(7-10-20)8-11-21(23)22-14-12-19(13-15-22)18-4-3-5-18/h6-7,9-10H,2-5,8,11-16H2,1H3. The molecule has 0 bridgehead atoms. The van der Waals surface area contributed by atoms with Crippen LogP contribution < -0.4 is 4.74 Å². The first-order chi connectivity index (χ1) is 11.8. The third-order valence-electron chi connectivity index (χ3n) is 5.20. The van der Waals surface area contributed by atoms with Gasteiger partial charge in [-0.2, -0.15) is 0 Å². The second-order valence-electron chi connectivity index (χ2n) is 6.93. The number of carbonyl (C=O) groups is 1. The third-order valence-corrected chi connectivity index (χ3v) is 5.20. The van der Waals surface area contributed by atoms with Gasteiger partial charge in [0.15, 0.2) is 0 Å². The van der Waals surface area contributed by atoms with E-state index in [-0.39, 0.29) is 0 Å². The molecule has 1 aromatic rings. The molecule has 1 amide bonds. The Morgan fingerprint density at radius 3 is 2.29 bits per heavy atom. The predicted molar refractivity (Wildman–Crippen MR) is 97.2 cm³/mol. The molecule has 3 rings (SSSR count). The Kier molecular flexibility index (Phi) is 5.95. The van der Waals surface area contributed by atoms with E-state index >= 15 is 0 Å². The van der Waals surface area contributed by atoms with Gasteiger partial charge in [-0.1, -0.05) is 30.2 Å². The van der Waals surface area contributed by atoms with Crippen LogP contribution in [-0.4, -0.2) is 30.5 Å². The van der Waals surface area contributed by atoms with Crippen LogP contribution in [0.3, 0.4) is 0 Å². The van der Waals surface area contributed by atoms with Crippen LogP contribution in [-0.2, 0) is 11.2 Å². The van der Waals surface area contributed by atoms with E-state index in [2.05, 4.69) is 24.0 Å². The maximum Gasteiger partial charge on any atom is 0.222 e. The molecule has 1 saturated heterocycles. The summed E-state index contributed by atoms with van der Waals surface area (Å²) in [5.74, 6) is 1.22. The summed E-state index contributed by atoms with van der Waals surface area (Å²) >= 11 is 0. The molecule has 0 spiro atoms. The highest BCUT2D eigenvalue weighted by Crippen LogP contribution is 2.33. The van der Waals surface area contributed by atoms with Crippen molar-refractivity contribution in [3.63, 3.8) is 0 Å². The van der Waals surface area contributed by atoms with Crippen LogP contribution in [0.5, 0.6) is 5.75 Å². The molecule has 1 aliphatic heterocycles. The normalized spacial score (nSPS) is 17.6. The number of piperidine rings is 1. The number of nitrogens with zero attached hydrogens (tertiary/aromatic N) is 1. The van der Waals surface area contributed by atoms with E-state index in [4.69, 9.17) is 4.74 Å². The van der Waals surface area contributed by atoms with Crippen molar-refractivity contribution in [2.75, 3.05) is 19.7 Å². The summed E-state index contributed by atoms with van der Waals surface area (Å²) < 4.78 is 5.59. The first-order valence-electron chi connectivity index (χ1n) is 9.45. The van der Waals surface area contributed by atoms with Gasteiger partial charge in [0.2, 0.25) is 5.91 Å². The van der Waals surface area contributed by atoms with E-state index in [1.54, 1.807) is 11.1 Å². The number of hydrogen-bond acceptors (Lipinski definition) is 2. The molecule has 1 aromatic carbocycles. The summed E-state index contributed by atoms with van der Waals surface area (Å²) in [6.07, 6.45) is 8.63. The Morgan fingerprint density at radius 1 is 1.04 bits per heavy atom. The Hall–Kier alpha value is -1.77. The first-order valence-corrected chi connectivity index (χ1v) is 9.45. The topological polar surface area (TPSA) is 29.5 Å². The lowest BCUT2D eigenvalue weighted by Gasteiger charge is -2.32. The SMILES string of the molecule is CCCOc1ccc(CCC(=O)N2CCC(=C3CCC3)CC2)cc1. The molecule has 3 nitrogen and oxygen atoms in total. The van der Waals surface area contributed by atoms with Crippen LogP contribution >= 0.6 is 0 Å². The van der Waals surface area contributed by atoms with E-state index in [1.807, 2.05) is 12.1 Å². The number of benzene rings is 1. The highest BCUT2D eigenvalue weighted by atomic mass is 16.5. The van der Waals surface area contributed by atoms with Gasteiger partial charge in [0.1, 0.15) is 5.75 Å². The van der Waals surface area contributed by atoms with E-state index in [0.717, 1.165) is 51.1 Å². The molecule has 2 aliphatic rings. The summed E-state index contributed by atoms with van der Waals surface area (Å²) in [5, 5.41) is 0. The van der Waals surface area contributed by atoms with E-state index in [9.17, 15) is 4.79 Å². The summed E-state index contributed by atoms with van der Waals surface area (Å²) in [6.45, 7) is 4.69. The lowest BCUT2D eigenvalue weighted by Crippen LogP contribution is -2.37. The van der Waals surface area contributed by atoms with Crippen molar-refractivity contribution in [2.24, 2.45) is 0 Å². The van der Waals surface area contributed by atoms with Gasteiger partial charge in [-0.05, 0) is 62.6 Å². The third kappa shape index (κ3) is 4.40. The molecule has 0 atom stereocenters. The second-order valence-corrected chi connectivity index (χ2v) is 6.93. The zero-order chi connectivity index (χ0) is 16.8. The number of hydrogen-bond donors (Lipinski definition) is 0. The van der Waals surface area contributed by atoms with Crippen LogP contribution in [0, 0.1) is 0 Å². The first kappa shape index (κ1) is 17.1. The molecular weight excluding hydrogens is 298 g/mol. The average Bonchev–Trinajstić information content (AvgIpc) is 2.58. The molecule has 0 aromatic heterocycles. The molecule has 1 saturated carbocycles. The van der Waals surface area contributed by atoms with Crippen LogP contribution in [0.25, 0.3) is 0 Å². The largest absolute Gasteiger partial charge is 0.494 e. The fourth-order valence-corrected chi connectivity index (χ4v) is 3.47. The van der Waals surface area contributed by atoms with Crippen molar-refractivity contribution >= 4 is 5.91 Å². The smallest absolute Gasteiger partial charge is 0.222 e. The minimum atomic E-state index is 0.305. The summed E-state index contributed by atoms with van der Waals surface area (Å²) in [7, 11) is 0. The van der Waals surface area contributed by atoms with Crippen molar-refractivity contribution in [3.05, 3.63) is 41.0 Å². The number of rotatable bonds is 6. The molecule has 24 heavy (non-hydrogen) atoms. The van der Waals surface area contributed by atoms with Crippen LogP contribution in [0.4, 0.5) is 0 Å². The summed E-state index contributed by atoms with van der Waals surface area (Å²) in [6, 6.07) is 8.17. The quantitative estimate of drug-likeness (QED) is 0.719. The molecule has 1 heterocycles. The Labute approximate surface area is 145 Å². The molecule has 0 radical (unpaired) electrons. The van der Waals surface area contributed by atoms with Gasteiger partial charge in [-0.3, -0.25) is 4.79 Å². The van der Waals surface area contributed by atoms with Gasteiger partial charge >= 0.3 is 0 Å². The summed E-state index contributed by atoms with van der Waals surface area (Å²) in [5.41, 5.74) is 4.54. The van der Waals surface area contributed by atoms with Gasteiger partial charge in [-0.15, -0.1) is 0 Å². The molecule has 0 N–H and O–H groups in total. The molecule has 1 aliphatic carbocycles. The van der Waals surface area contributed by atoms with Gasteiger partial charge in [0.25, 0.3) is 0 Å². The molecule has 0 unspecified atom stereocenters. The van der Waals surface area contributed by atoms with Crippen molar-refractivity contribution in [2.45, 2.75) is 58.3 Å². The summed E-state index contributed by atoms with van der Waals surface area (Å²) in [4.78, 5) is 14.5. The average molecular weight is 327 g/mol. The Morgan fingerprint density at radius 2 is 1.71 bits per heavy atom. The number of allylic oxidation sites excluding steroid dienone is 1. The minimum Gasteiger partial charge on any atom is -0.494 e. The molecular formula is C21H29NO2. The van der Waals surface area contributed by atoms with Crippen LogP contribution in [0.1, 0.15) is 57.4 Å². The van der Waals surface area contributed by atoms with E-state index in [1.165, 1.54) is 24.8 Å². The molecule has 3 heteroatoms. The molecule has 2 fully saturated rings. The van der Waals surface area contributed by atoms with Gasteiger partial charge in [-0.25, -0.2) is 0 Å². The lowest BCUT2D eigenvalue weighted by molar-refractivity contribution is -0.131. The minimum absolute atomic E-state index is 0.305. The highest BCUT2D eigenvalue weighted by molar-refractivity contribution is 5.76. The van der Waals surface area contributed by atoms with Crippen molar-refractivity contribution in [3.8, 4) is 5.75 Å². The van der Waals surface area contributed by atoms with Gasteiger partial charge in [0.05, 0.1) is 6.61 Å². The van der Waals surface area contributed by atoms with Crippen molar-refractivity contribution in [1.82, 2.24) is 4.90 Å². The van der Waals surface area contributed by atoms with Gasteiger partial charge in [0, 0.05) is 19.5 Å². The van der Waals surface area contributed by atoms with E-state index in [0.29, 0.717) is 12.3 Å². The van der Waals surface area contributed by atoms with Gasteiger partial charge < -0.3 is 9.64 Å².